The summed E-state index contributed by atoms with van der Waals surface area (Å²) < 4.78 is 40.4. The molecular formula is C23H17ClF3N5O. The zero-order valence-corrected chi connectivity index (χ0v) is 17.9. The van der Waals surface area contributed by atoms with Crippen molar-refractivity contribution in [2.45, 2.75) is 24.9 Å². The van der Waals surface area contributed by atoms with E-state index in [1.807, 2.05) is 24.3 Å². The fourth-order valence-electron chi connectivity index (χ4n) is 4.40. The highest BCUT2D eigenvalue weighted by atomic mass is 35.5. The molecule has 0 spiro atoms. The van der Waals surface area contributed by atoms with Gasteiger partial charge in [-0.1, -0.05) is 11.6 Å². The molecule has 1 aliphatic rings. The van der Waals surface area contributed by atoms with E-state index < -0.39 is 17.3 Å². The fourth-order valence-corrected chi connectivity index (χ4v) is 4.53. The van der Waals surface area contributed by atoms with Crippen molar-refractivity contribution in [3.8, 4) is 6.07 Å². The number of fused-ring (bicyclic) bond motifs is 2. The lowest BCUT2D eigenvalue weighted by Crippen LogP contribution is -2.33. The van der Waals surface area contributed by atoms with Crippen molar-refractivity contribution in [3.05, 3.63) is 74.7 Å². The molecule has 1 N–H and O–H groups in total. The van der Waals surface area contributed by atoms with E-state index in [-0.39, 0.29) is 28.0 Å². The third kappa shape index (κ3) is 3.70. The van der Waals surface area contributed by atoms with E-state index in [0.717, 1.165) is 35.4 Å². The van der Waals surface area contributed by atoms with Gasteiger partial charge in [0.05, 0.1) is 22.2 Å². The number of piperidine rings is 1. The Morgan fingerprint density at radius 1 is 1.12 bits per heavy atom. The van der Waals surface area contributed by atoms with Crippen molar-refractivity contribution in [3.63, 3.8) is 0 Å². The summed E-state index contributed by atoms with van der Waals surface area (Å²) in [5.41, 5.74) is 0.612. The van der Waals surface area contributed by atoms with Crippen molar-refractivity contribution in [1.82, 2.24) is 14.6 Å². The number of nitriles is 1. The number of benzene rings is 2. The smallest absolute Gasteiger partial charge is 0.371 e. The Balaban J connectivity index is 1.52. The maximum atomic E-state index is 13.1. The highest BCUT2D eigenvalue weighted by Crippen LogP contribution is 2.34. The highest BCUT2D eigenvalue weighted by Gasteiger charge is 2.32. The molecule has 168 valence electrons. The van der Waals surface area contributed by atoms with Crippen LogP contribution in [-0.4, -0.2) is 27.7 Å². The van der Waals surface area contributed by atoms with Crippen LogP contribution in [0.2, 0.25) is 5.02 Å². The Hall–Kier alpha value is -3.51. The number of halogens is 4. The fraction of sp³-hybridized carbons (Fsp3) is 0.261. The summed E-state index contributed by atoms with van der Waals surface area (Å²) in [6, 6.07) is 12.6. The Bertz CT molecular complexity index is 1460. The molecule has 0 radical (unpaired) electrons. The van der Waals surface area contributed by atoms with E-state index in [2.05, 4.69) is 21.1 Å². The average Bonchev–Trinajstić information content (AvgIpc) is 3.18. The van der Waals surface area contributed by atoms with E-state index in [0.29, 0.717) is 23.6 Å². The Morgan fingerprint density at radius 2 is 1.82 bits per heavy atom. The van der Waals surface area contributed by atoms with Gasteiger partial charge in [0.2, 0.25) is 0 Å². The number of nitrogens with one attached hydrogen (secondary N) is 1. The van der Waals surface area contributed by atoms with E-state index >= 15 is 0 Å². The predicted octanol–water partition coefficient (Wildman–Crippen LogP) is 5.10. The van der Waals surface area contributed by atoms with Gasteiger partial charge < -0.3 is 9.88 Å². The van der Waals surface area contributed by atoms with Crippen molar-refractivity contribution in [2.24, 2.45) is 0 Å². The molecule has 2 aromatic carbocycles. The molecule has 3 heterocycles. The average molecular weight is 472 g/mol. The van der Waals surface area contributed by atoms with Gasteiger partial charge >= 0.3 is 6.18 Å². The number of hydrogen-bond acceptors (Lipinski definition) is 4. The van der Waals surface area contributed by atoms with Crippen molar-refractivity contribution < 1.29 is 13.2 Å². The summed E-state index contributed by atoms with van der Waals surface area (Å²) >= 11 is 5.96. The molecule has 6 nitrogen and oxygen atoms in total. The number of alkyl halides is 3. The van der Waals surface area contributed by atoms with E-state index in [4.69, 9.17) is 11.6 Å². The largest absolute Gasteiger partial charge is 0.416 e. The Labute approximate surface area is 190 Å². The zero-order chi connectivity index (χ0) is 23.3. The van der Waals surface area contributed by atoms with Crippen LogP contribution in [0.15, 0.2) is 47.3 Å². The molecule has 0 atom stereocenters. The maximum Gasteiger partial charge on any atom is 0.416 e. The van der Waals surface area contributed by atoms with Crippen molar-refractivity contribution in [2.75, 3.05) is 18.0 Å². The molecule has 4 aromatic rings. The second-order valence-corrected chi connectivity index (χ2v) is 8.49. The number of hydrogen-bond donors (Lipinski definition) is 1. The first kappa shape index (κ1) is 21.3. The van der Waals surface area contributed by atoms with Crippen LogP contribution in [0.4, 0.5) is 18.9 Å². The van der Waals surface area contributed by atoms with Gasteiger partial charge in [0.15, 0.2) is 5.65 Å². The van der Waals surface area contributed by atoms with Gasteiger partial charge in [0.25, 0.3) is 5.56 Å². The van der Waals surface area contributed by atoms with E-state index in [1.165, 1.54) is 6.07 Å². The summed E-state index contributed by atoms with van der Waals surface area (Å²) in [6.45, 7) is 1.46. The normalized spacial score (nSPS) is 15.3. The Kier molecular flexibility index (Phi) is 5.05. The molecule has 1 fully saturated rings. The number of rotatable bonds is 2. The lowest BCUT2D eigenvalue weighted by Gasteiger charge is -2.33. The lowest BCUT2D eigenvalue weighted by atomic mass is 9.91. The second kappa shape index (κ2) is 7.81. The molecule has 0 unspecified atom stereocenters. The summed E-state index contributed by atoms with van der Waals surface area (Å²) in [7, 11) is 0. The standard InChI is InChI=1S/C23H17ClF3N5O/c24-15-2-4-16(5-3-15)31-9-7-13(8-10-31)20-18(12-28)21-29-19-6-1-14(23(25,26)27)11-17(19)22(33)32(21)30-20/h1-6,11,13,29H,7-10H2. The number of aromatic amines is 1. The van der Waals surface area contributed by atoms with Crippen LogP contribution in [-0.2, 0) is 6.18 Å². The van der Waals surface area contributed by atoms with Crippen molar-refractivity contribution >= 4 is 33.8 Å². The molecule has 1 aliphatic heterocycles. The summed E-state index contributed by atoms with van der Waals surface area (Å²) in [4.78, 5) is 18.1. The van der Waals surface area contributed by atoms with Crippen LogP contribution in [0.5, 0.6) is 0 Å². The van der Waals surface area contributed by atoms with Gasteiger partial charge in [-0.3, -0.25) is 4.79 Å². The monoisotopic (exact) mass is 471 g/mol. The van der Waals surface area contributed by atoms with Gasteiger partial charge in [-0.15, -0.1) is 0 Å². The van der Waals surface area contributed by atoms with Crippen LogP contribution in [0.3, 0.4) is 0 Å². The first-order chi connectivity index (χ1) is 15.8. The van der Waals surface area contributed by atoms with Gasteiger partial charge in [0.1, 0.15) is 11.6 Å². The molecule has 0 saturated carbocycles. The van der Waals surface area contributed by atoms with Crippen LogP contribution in [0, 0.1) is 11.3 Å². The quantitative estimate of drug-likeness (QED) is 0.441. The molecule has 0 bridgehead atoms. The van der Waals surface area contributed by atoms with Crippen LogP contribution in [0.25, 0.3) is 16.6 Å². The first-order valence-electron chi connectivity index (χ1n) is 10.3. The third-order valence-corrected chi connectivity index (χ3v) is 6.37. The van der Waals surface area contributed by atoms with Gasteiger partial charge in [-0.2, -0.15) is 28.0 Å². The minimum atomic E-state index is -4.57. The molecule has 0 amide bonds. The summed E-state index contributed by atoms with van der Waals surface area (Å²) in [5.74, 6) is -0.0512. The molecule has 0 aliphatic carbocycles. The number of H-pyrrole nitrogens is 1. The topological polar surface area (TPSA) is 77.2 Å². The van der Waals surface area contributed by atoms with Gasteiger partial charge in [0, 0.05) is 29.7 Å². The van der Waals surface area contributed by atoms with Gasteiger partial charge in [-0.25, -0.2) is 0 Å². The zero-order valence-electron chi connectivity index (χ0n) is 17.2. The van der Waals surface area contributed by atoms with E-state index in [9.17, 15) is 23.2 Å². The first-order valence-corrected chi connectivity index (χ1v) is 10.7. The minimum Gasteiger partial charge on any atom is -0.371 e. The van der Waals surface area contributed by atoms with Crippen LogP contribution >= 0.6 is 11.6 Å². The molecule has 10 heteroatoms. The van der Waals surface area contributed by atoms with Crippen LogP contribution in [0.1, 0.15) is 35.6 Å². The number of aromatic nitrogens is 3. The third-order valence-electron chi connectivity index (χ3n) is 6.12. The lowest BCUT2D eigenvalue weighted by molar-refractivity contribution is -0.137. The second-order valence-electron chi connectivity index (χ2n) is 8.06. The maximum absolute atomic E-state index is 13.1. The molecule has 1 saturated heterocycles. The molecule has 33 heavy (non-hydrogen) atoms. The van der Waals surface area contributed by atoms with Gasteiger partial charge in [-0.05, 0) is 55.3 Å². The predicted molar refractivity (Wildman–Crippen MR) is 119 cm³/mol. The van der Waals surface area contributed by atoms with Crippen LogP contribution < -0.4 is 10.5 Å². The minimum absolute atomic E-state index is 0.0512. The number of anilines is 1. The molecule has 2 aromatic heterocycles. The summed E-state index contributed by atoms with van der Waals surface area (Å²) in [6.07, 6.45) is -3.14. The van der Waals surface area contributed by atoms with Crippen molar-refractivity contribution in [1.29, 1.82) is 5.26 Å². The summed E-state index contributed by atoms with van der Waals surface area (Å²) in [5, 5.41) is 14.7. The number of nitrogens with zero attached hydrogens (tertiary/aromatic N) is 4. The highest BCUT2D eigenvalue weighted by molar-refractivity contribution is 6.30. The molecular weight excluding hydrogens is 455 g/mol. The SMILES string of the molecule is N#Cc1c(C2CCN(c3ccc(Cl)cc3)CC2)nn2c(=O)c3cc(C(F)(F)F)ccc3[nH]c12. The Morgan fingerprint density at radius 3 is 2.45 bits per heavy atom. The van der Waals surface area contributed by atoms with E-state index in [1.54, 1.807) is 0 Å². The molecule has 5 rings (SSSR count).